The first-order valence-electron chi connectivity index (χ1n) is 10.1. The van der Waals surface area contributed by atoms with E-state index in [4.69, 9.17) is 5.73 Å². The Morgan fingerprint density at radius 1 is 1.00 bits per heavy atom. The molecule has 1 amide bonds. The van der Waals surface area contributed by atoms with Crippen LogP contribution in [0.25, 0.3) is 0 Å². The van der Waals surface area contributed by atoms with Gasteiger partial charge < -0.3 is 15.6 Å². The largest absolute Gasteiger partial charge is 0.348 e. The van der Waals surface area contributed by atoms with Crippen molar-refractivity contribution in [1.29, 1.82) is 0 Å². The molecule has 0 radical (unpaired) electrons. The molecular weight excluding hydrogens is 431 g/mol. The highest BCUT2D eigenvalue weighted by Crippen LogP contribution is 2.18. The molecule has 0 saturated carbocycles. The predicted molar refractivity (Wildman–Crippen MR) is 131 cm³/mol. The highest BCUT2D eigenvalue weighted by molar-refractivity contribution is 5.85. The first-order valence-corrected chi connectivity index (χ1v) is 10.1. The van der Waals surface area contributed by atoms with Crippen LogP contribution in [0.15, 0.2) is 67.1 Å². The van der Waals surface area contributed by atoms with Crippen LogP contribution in [0.2, 0.25) is 0 Å². The number of nitrogens with one attached hydrogen (secondary N) is 1. The van der Waals surface area contributed by atoms with E-state index in [1.54, 1.807) is 6.33 Å². The molecular formula is C24H32Cl2N4O. The fourth-order valence-corrected chi connectivity index (χ4v) is 3.28. The van der Waals surface area contributed by atoms with E-state index < -0.39 is 6.04 Å². The monoisotopic (exact) mass is 462 g/mol. The van der Waals surface area contributed by atoms with E-state index in [0.717, 1.165) is 17.8 Å². The number of imidazole rings is 1. The van der Waals surface area contributed by atoms with Crippen LogP contribution in [0.3, 0.4) is 0 Å². The van der Waals surface area contributed by atoms with Gasteiger partial charge in [0.15, 0.2) is 0 Å². The number of nitrogens with zero attached hydrogens (tertiary/aromatic N) is 2. The van der Waals surface area contributed by atoms with Crippen LogP contribution in [0.1, 0.15) is 55.1 Å². The maximum atomic E-state index is 12.5. The average molecular weight is 463 g/mol. The van der Waals surface area contributed by atoms with E-state index in [2.05, 4.69) is 60.5 Å². The van der Waals surface area contributed by atoms with Crippen molar-refractivity contribution < 1.29 is 4.79 Å². The van der Waals surface area contributed by atoms with Crippen LogP contribution in [-0.2, 0) is 17.8 Å². The number of halogens is 2. The van der Waals surface area contributed by atoms with Gasteiger partial charge in [-0.15, -0.1) is 24.8 Å². The van der Waals surface area contributed by atoms with Crippen LogP contribution < -0.4 is 11.1 Å². The van der Waals surface area contributed by atoms with Gasteiger partial charge in [-0.2, -0.15) is 0 Å². The molecule has 3 N–H and O–H groups in total. The van der Waals surface area contributed by atoms with Crippen molar-refractivity contribution in [3.05, 3.63) is 89.5 Å². The van der Waals surface area contributed by atoms with Gasteiger partial charge in [-0.1, -0.05) is 68.4 Å². The molecule has 0 aliphatic carbocycles. The standard InChI is InChI=1S/C24H30N4O.2ClH/c1-17(2)20-9-11-21(12-10-20)18(3)27-24(29)23(25)13-22-15-28(16-26-22)14-19-7-5-4-6-8-19;;/h4-12,15-18,23H,13-14,25H2,1-3H3,(H,27,29);2*1H/t18?,23-;;/m0../s1. The Morgan fingerprint density at radius 3 is 2.23 bits per heavy atom. The van der Waals surface area contributed by atoms with Crippen molar-refractivity contribution in [3.63, 3.8) is 0 Å². The zero-order chi connectivity index (χ0) is 20.8. The molecule has 31 heavy (non-hydrogen) atoms. The summed E-state index contributed by atoms with van der Waals surface area (Å²) in [7, 11) is 0. The van der Waals surface area contributed by atoms with Crippen LogP contribution >= 0.6 is 24.8 Å². The van der Waals surface area contributed by atoms with Gasteiger partial charge in [0.05, 0.1) is 24.1 Å². The normalized spacial score (nSPS) is 12.4. The molecule has 2 aromatic carbocycles. The lowest BCUT2D eigenvalue weighted by Gasteiger charge is -2.18. The summed E-state index contributed by atoms with van der Waals surface area (Å²) in [4.78, 5) is 16.9. The number of benzene rings is 2. The number of nitrogens with two attached hydrogens (primary N) is 1. The van der Waals surface area contributed by atoms with E-state index in [1.165, 1.54) is 11.1 Å². The summed E-state index contributed by atoms with van der Waals surface area (Å²) in [5.74, 6) is 0.326. The first-order chi connectivity index (χ1) is 13.9. The molecule has 168 valence electrons. The molecule has 1 unspecified atom stereocenters. The maximum Gasteiger partial charge on any atom is 0.237 e. The summed E-state index contributed by atoms with van der Waals surface area (Å²) in [5.41, 5.74) is 10.5. The molecule has 3 rings (SSSR count). The lowest BCUT2D eigenvalue weighted by Crippen LogP contribution is -2.43. The third kappa shape index (κ3) is 7.69. The number of hydrogen-bond donors (Lipinski definition) is 2. The van der Waals surface area contributed by atoms with Crippen LogP contribution in [0.4, 0.5) is 0 Å². The fraction of sp³-hybridized carbons (Fsp3) is 0.333. The van der Waals surface area contributed by atoms with Crippen molar-refractivity contribution in [2.45, 2.75) is 51.7 Å². The number of rotatable bonds is 8. The predicted octanol–water partition coefficient (Wildman–Crippen LogP) is 4.65. The lowest BCUT2D eigenvalue weighted by atomic mass is 9.99. The lowest BCUT2D eigenvalue weighted by molar-refractivity contribution is -0.123. The number of carbonyl (C=O) groups excluding carboxylic acids is 1. The van der Waals surface area contributed by atoms with E-state index in [-0.39, 0.29) is 36.8 Å². The summed E-state index contributed by atoms with van der Waals surface area (Å²) in [6, 6.07) is 17.8. The van der Waals surface area contributed by atoms with Crippen molar-refractivity contribution in [3.8, 4) is 0 Å². The Kier molecular flexibility index (Phi) is 10.8. The second-order valence-corrected chi connectivity index (χ2v) is 7.89. The average Bonchev–Trinajstić information content (AvgIpc) is 3.15. The minimum absolute atomic E-state index is 0. The number of aromatic nitrogens is 2. The molecule has 1 aromatic heterocycles. The van der Waals surface area contributed by atoms with Crippen molar-refractivity contribution in [2.24, 2.45) is 5.73 Å². The summed E-state index contributed by atoms with van der Waals surface area (Å²) in [5, 5.41) is 3.01. The minimum Gasteiger partial charge on any atom is -0.348 e. The molecule has 5 nitrogen and oxygen atoms in total. The first kappa shape index (κ1) is 26.7. The zero-order valence-electron chi connectivity index (χ0n) is 18.2. The number of carbonyl (C=O) groups is 1. The Balaban J connectivity index is 0.00000240. The minimum atomic E-state index is -0.632. The van der Waals surface area contributed by atoms with Crippen LogP contribution in [0.5, 0.6) is 0 Å². The zero-order valence-corrected chi connectivity index (χ0v) is 19.8. The van der Waals surface area contributed by atoms with Crippen molar-refractivity contribution in [2.75, 3.05) is 0 Å². The molecule has 2 atom stereocenters. The van der Waals surface area contributed by atoms with Gasteiger partial charge in [0.1, 0.15) is 0 Å². The highest BCUT2D eigenvalue weighted by Gasteiger charge is 2.18. The van der Waals surface area contributed by atoms with Gasteiger partial charge in [-0.25, -0.2) is 4.98 Å². The summed E-state index contributed by atoms with van der Waals surface area (Å²) in [6.45, 7) is 7.06. The Labute approximate surface area is 197 Å². The van der Waals surface area contributed by atoms with Crippen LogP contribution in [0, 0.1) is 0 Å². The molecule has 3 aromatic rings. The molecule has 0 bridgehead atoms. The number of hydrogen-bond acceptors (Lipinski definition) is 3. The summed E-state index contributed by atoms with van der Waals surface area (Å²) >= 11 is 0. The van der Waals surface area contributed by atoms with Gasteiger partial charge >= 0.3 is 0 Å². The van der Waals surface area contributed by atoms with Gasteiger partial charge in [0, 0.05) is 19.2 Å². The molecule has 1 heterocycles. The highest BCUT2D eigenvalue weighted by atomic mass is 35.5. The molecule has 0 saturated heterocycles. The van der Waals surface area contributed by atoms with Gasteiger partial charge in [0.25, 0.3) is 0 Å². The molecule has 7 heteroatoms. The molecule has 0 spiro atoms. The topological polar surface area (TPSA) is 72.9 Å². The second kappa shape index (κ2) is 12.5. The summed E-state index contributed by atoms with van der Waals surface area (Å²) < 4.78 is 2.01. The van der Waals surface area contributed by atoms with Gasteiger partial charge in [0.2, 0.25) is 5.91 Å². The van der Waals surface area contributed by atoms with Crippen molar-refractivity contribution >= 4 is 30.7 Å². The van der Waals surface area contributed by atoms with E-state index in [0.29, 0.717) is 12.3 Å². The number of amides is 1. The Hall–Kier alpha value is -2.34. The summed E-state index contributed by atoms with van der Waals surface area (Å²) in [6.07, 6.45) is 4.15. The maximum absolute atomic E-state index is 12.5. The van der Waals surface area contributed by atoms with Crippen LogP contribution in [-0.4, -0.2) is 21.5 Å². The van der Waals surface area contributed by atoms with E-state index in [1.807, 2.05) is 35.9 Å². The third-order valence-electron chi connectivity index (χ3n) is 5.12. The smallest absolute Gasteiger partial charge is 0.237 e. The third-order valence-corrected chi connectivity index (χ3v) is 5.12. The Bertz CT molecular complexity index is 926. The van der Waals surface area contributed by atoms with Crippen molar-refractivity contribution in [1.82, 2.24) is 14.9 Å². The van der Waals surface area contributed by atoms with E-state index >= 15 is 0 Å². The second-order valence-electron chi connectivity index (χ2n) is 7.89. The quantitative estimate of drug-likeness (QED) is 0.511. The molecule has 0 fully saturated rings. The fourth-order valence-electron chi connectivity index (χ4n) is 3.28. The Morgan fingerprint density at radius 2 is 1.61 bits per heavy atom. The molecule has 0 aliphatic rings. The van der Waals surface area contributed by atoms with Gasteiger partial charge in [-0.05, 0) is 29.5 Å². The van der Waals surface area contributed by atoms with Gasteiger partial charge in [-0.3, -0.25) is 4.79 Å². The SMILES string of the molecule is CC(C)c1ccc(C(C)NC(=O)[C@@H](N)Cc2cn(Cc3ccccc3)cn2)cc1.Cl.Cl. The molecule has 0 aliphatic heterocycles. The van der Waals surface area contributed by atoms with E-state index in [9.17, 15) is 4.79 Å².